The van der Waals surface area contributed by atoms with Gasteiger partial charge in [0, 0.05) is 18.7 Å². The third-order valence-electron chi connectivity index (χ3n) is 2.89. The third-order valence-corrected chi connectivity index (χ3v) is 2.89. The molecule has 0 atom stereocenters. The molecule has 0 radical (unpaired) electrons. The Hall–Kier alpha value is -2.10. The zero-order valence-corrected chi connectivity index (χ0v) is 11.5. The van der Waals surface area contributed by atoms with E-state index < -0.39 is 5.97 Å². The molecule has 0 aliphatic rings. The van der Waals surface area contributed by atoms with Gasteiger partial charge in [0.05, 0.1) is 0 Å². The lowest BCUT2D eigenvalue weighted by Gasteiger charge is -2.11. The summed E-state index contributed by atoms with van der Waals surface area (Å²) in [5.41, 5.74) is 4.89. The SMILES string of the molecule is Cc1cc(C)c(CCNC(=O)/C=C/C(=O)O)c(C)c1. The van der Waals surface area contributed by atoms with Crippen LogP contribution in [0.3, 0.4) is 0 Å². The number of aliphatic carboxylic acids is 1. The van der Waals surface area contributed by atoms with E-state index in [1.807, 2.05) is 0 Å². The molecule has 4 nitrogen and oxygen atoms in total. The lowest BCUT2D eigenvalue weighted by atomic mass is 9.97. The molecule has 0 spiro atoms. The highest BCUT2D eigenvalue weighted by atomic mass is 16.4. The molecule has 2 N–H and O–H groups in total. The molecule has 0 heterocycles. The molecule has 0 aromatic heterocycles. The largest absolute Gasteiger partial charge is 0.478 e. The van der Waals surface area contributed by atoms with Crippen LogP contribution in [0.25, 0.3) is 0 Å². The standard InChI is InChI=1S/C15H19NO3/c1-10-8-11(2)13(12(3)9-10)6-7-16-14(17)4-5-15(18)19/h4-5,8-9H,6-7H2,1-3H3,(H,16,17)(H,18,19)/b5-4+. The summed E-state index contributed by atoms with van der Waals surface area (Å²) in [4.78, 5) is 21.6. The second-order valence-electron chi connectivity index (χ2n) is 4.59. The van der Waals surface area contributed by atoms with Gasteiger partial charge >= 0.3 is 5.97 Å². The highest BCUT2D eigenvalue weighted by Gasteiger charge is 2.04. The zero-order valence-electron chi connectivity index (χ0n) is 11.5. The maximum atomic E-state index is 11.3. The Kier molecular flexibility index (Phi) is 5.30. The molecule has 1 aromatic rings. The van der Waals surface area contributed by atoms with Crippen LogP contribution in [0.1, 0.15) is 22.3 Å². The molecule has 0 aliphatic carbocycles. The molecule has 0 saturated carbocycles. The van der Waals surface area contributed by atoms with Crippen molar-refractivity contribution in [2.24, 2.45) is 0 Å². The summed E-state index contributed by atoms with van der Waals surface area (Å²) in [5.74, 6) is -1.51. The van der Waals surface area contributed by atoms with Gasteiger partial charge in [0.2, 0.25) is 5.91 Å². The topological polar surface area (TPSA) is 66.4 Å². The van der Waals surface area contributed by atoms with Gasteiger partial charge in [0.25, 0.3) is 0 Å². The first-order valence-corrected chi connectivity index (χ1v) is 6.15. The Balaban J connectivity index is 2.54. The molecule has 102 valence electrons. The maximum absolute atomic E-state index is 11.3. The minimum Gasteiger partial charge on any atom is -0.478 e. The molecule has 0 fully saturated rings. The van der Waals surface area contributed by atoms with E-state index in [9.17, 15) is 9.59 Å². The fourth-order valence-corrected chi connectivity index (χ4v) is 2.12. The van der Waals surface area contributed by atoms with Gasteiger partial charge in [-0.25, -0.2) is 4.79 Å². The number of hydrogen-bond acceptors (Lipinski definition) is 2. The minimum absolute atomic E-state index is 0.384. The first kappa shape index (κ1) is 15.0. The maximum Gasteiger partial charge on any atom is 0.328 e. The van der Waals surface area contributed by atoms with Crippen molar-refractivity contribution in [1.29, 1.82) is 0 Å². The van der Waals surface area contributed by atoms with Crippen molar-refractivity contribution in [3.8, 4) is 0 Å². The molecule has 0 unspecified atom stereocenters. The van der Waals surface area contributed by atoms with Crippen LogP contribution in [0.2, 0.25) is 0 Å². The number of aryl methyl sites for hydroxylation is 3. The molecular formula is C15H19NO3. The number of carbonyl (C=O) groups is 2. The van der Waals surface area contributed by atoms with Gasteiger partial charge in [-0.15, -0.1) is 0 Å². The number of rotatable bonds is 5. The number of carbonyl (C=O) groups excluding carboxylic acids is 1. The van der Waals surface area contributed by atoms with Crippen molar-refractivity contribution in [2.45, 2.75) is 27.2 Å². The van der Waals surface area contributed by atoms with Gasteiger partial charge in [0.15, 0.2) is 0 Å². The van der Waals surface area contributed by atoms with Crippen LogP contribution in [0.5, 0.6) is 0 Å². The van der Waals surface area contributed by atoms with Gasteiger partial charge < -0.3 is 10.4 Å². The van der Waals surface area contributed by atoms with Crippen molar-refractivity contribution >= 4 is 11.9 Å². The highest BCUT2D eigenvalue weighted by molar-refractivity contribution is 5.93. The van der Waals surface area contributed by atoms with Crippen molar-refractivity contribution in [1.82, 2.24) is 5.32 Å². The van der Waals surface area contributed by atoms with Crippen LogP contribution >= 0.6 is 0 Å². The van der Waals surface area contributed by atoms with E-state index in [0.717, 1.165) is 18.6 Å². The summed E-state index contributed by atoms with van der Waals surface area (Å²) in [5, 5.41) is 11.1. The average Bonchev–Trinajstić information content (AvgIpc) is 2.29. The van der Waals surface area contributed by atoms with E-state index in [1.54, 1.807) is 0 Å². The Bertz CT molecular complexity index is 495. The van der Waals surface area contributed by atoms with E-state index in [-0.39, 0.29) is 5.91 Å². The number of hydrogen-bond donors (Lipinski definition) is 2. The lowest BCUT2D eigenvalue weighted by Crippen LogP contribution is -2.24. The number of amides is 1. The van der Waals surface area contributed by atoms with Gasteiger partial charge in [-0.3, -0.25) is 4.79 Å². The first-order valence-electron chi connectivity index (χ1n) is 6.15. The zero-order chi connectivity index (χ0) is 14.4. The van der Waals surface area contributed by atoms with Gasteiger partial charge in [-0.1, -0.05) is 17.7 Å². The highest BCUT2D eigenvalue weighted by Crippen LogP contribution is 2.16. The Morgan fingerprint density at radius 1 is 1.16 bits per heavy atom. The van der Waals surface area contributed by atoms with Crippen molar-refractivity contribution in [2.75, 3.05) is 6.54 Å². The second kappa shape index (κ2) is 6.73. The van der Waals surface area contributed by atoms with Crippen LogP contribution in [0.15, 0.2) is 24.3 Å². The van der Waals surface area contributed by atoms with Crippen LogP contribution in [-0.4, -0.2) is 23.5 Å². The molecule has 0 saturated heterocycles. The minimum atomic E-state index is -1.12. The van der Waals surface area contributed by atoms with Crippen molar-refractivity contribution < 1.29 is 14.7 Å². The molecule has 4 heteroatoms. The van der Waals surface area contributed by atoms with Crippen LogP contribution in [-0.2, 0) is 16.0 Å². The molecule has 1 amide bonds. The van der Waals surface area contributed by atoms with E-state index in [4.69, 9.17) is 5.11 Å². The summed E-state index contributed by atoms with van der Waals surface area (Å²) in [7, 11) is 0. The number of carboxylic acids is 1. The fraction of sp³-hybridized carbons (Fsp3) is 0.333. The van der Waals surface area contributed by atoms with Gasteiger partial charge in [-0.2, -0.15) is 0 Å². The molecule has 19 heavy (non-hydrogen) atoms. The molecular weight excluding hydrogens is 242 g/mol. The predicted molar refractivity (Wildman–Crippen MR) is 74.1 cm³/mol. The Morgan fingerprint density at radius 2 is 1.74 bits per heavy atom. The monoisotopic (exact) mass is 261 g/mol. The molecule has 0 aliphatic heterocycles. The summed E-state index contributed by atoms with van der Waals surface area (Å²) in [6.07, 6.45) is 2.60. The van der Waals surface area contributed by atoms with Crippen molar-refractivity contribution in [3.05, 3.63) is 46.5 Å². The molecule has 1 rings (SSSR count). The lowest BCUT2D eigenvalue weighted by molar-refractivity contribution is -0.131. The second-order valence-corrected chi connectivity index (χ2v) is 4.59. The smallest absolute Gasteiger partial charge is 0.328 e. The Labute approximate surface area is 113 Å². The first-order chi connectivity index (χ1) is 8.90. The van der Waals surface area contributed by atoms with Crippen LogP contribution in [0, 0.1) is 20.8 Å². The van der Waals surface area contributed by atoms with E-state index in [1.165, 1.54) is 22.3 Å². The fourth-order valence-electron chi connectivity index (χ4n) is 2.12. The number of benzene rings is 1. The van der Waals surface area contributed by atoms with E-state index in [2.05, 4.69) is 38.2 Å². The van der Waals surface area contributed by atoms with Crippen molar-refractivity contribution in [3.63, 3.8) is 0 Å². The average molecular weight is 261 g/mol. The normalized spacial score (nSPS) is 10.7. The molecule has 0 bridgehead atoms. The van der Waals surface area contributed by atoms with E-state index >= 15 is 0 Å². The summed E-state index contributed by atoms with van der Waals surface area (Å²) in [6, 6.07) is 4.24. The van der Waals surface area contributed by atoms with Crippen LogP contribution in [0.4, 0.5) is 0 Å². The number of carboxylic acid groups (broad SMARTS) is 1. The van der Waals surface area contributed by atoms with Gasteiger partial charge in [0.1, 0.15) is 0 Å². The molecule has 1 aromatic carbocycles. The quantitative estimate of drug-likeness (QED) is 0.796. The van der Waals surface area contributed by atoms with Gasteiger partial charge in [-0.05, 0) is 43.9 Å². The summed E-state index contributed by atoms with van der Waals surface area (Å²) in [6.45, 7) is 6.67. The summed E-state index contributed by atoms with van der Waals surface area (Å²) < 4.78 is 0. The third kappa shape index (κ3) is 4.95. The predicted octanol–water partition coefficient (Wildman–Crippen LogP) is 1.91. The Morgan fingerprint density at radius 3 is 2.26 bits per heavy atom. The number of nitrogens with one attached hydrogen (secondary N) is 1. The van der Waals surface area contributed by atoms with Crippen LogP contribution < -0.4 is 5.32 Å². The van der Waals surface area contributed by atoms with E-state index in [0.29, 0.717) is 6.54 Å². The summed E-state index contributed by atoms with van der Waals surface area (Å²) >= 11 is 0.